The highest BCUT2D eigenvalue weighted by molar-refractivity contribution is 5.85. The van der Waals surface area contributed by atoms with E-state index >= 15 is 0 Å². The standard InChI is InChI=1S/C2H6N2O2.ClH/c3-1-4-2(5)6;/h4H,1,3H2,(H,5,6);1H. The second kappa shape index (κ2) is 5.52. The van der Waals surface area contributed by atoms with Crippen molar-refractivity contribution < 1.29 is 9.90 Å². The van der Waals surface area contributed by atoms with E-state index in [4.69, 9.17) is 10.8 Å². The Balaban J connectivity index is 0. The van der Waals surface area contributed by atoms with Crippen LogP contribution in [0.1, 0.15) is 0 Å². The summed E-state index contributed by atoms with van der Waals surface area (Å²) in [5.41, 5.74) is 4.74. The van der Waals surface area contributed by atoms with E-state index in [1.807, 2.05) is 5.32 Å². The minimum Gasteiger partial charge on any atom is -0.465 e. The molecule has 0 aliphatic heterocycles. The summed E-state index contributed by atoms with van der Waals surface area (Å²) in [5.74, 6) is 0. The van der Waals surface area contributed by atoms with E-state index in [9.17, 15) is 4.79 Å². The first kappa shape index (κ1) is 9.72. The van der Waals surface area contributed by atoms with E-state index in [1.54, 1.807) is 0 Å². The molecule has 0 rings (SSSR count). The van der Waals surface area contributed by atoms with Crippen molar-refractivity contribution in [3.8, 4) is 0 Å². The third-order valence-electron chi connectivity index (χ3n) is 0.253. The molecule has 0 spiro atoms. The van der Waals surface area contributed by atoms with E-state index in [2.05, 4.69) is 0 Å². The number of amides is 1. The smallest absolute Gasteiger partial charge is 0.405 e. The number of nitrogens with one attached hydrogen (secondary N) is 1. The van der Waals surface area contributed by atoms with Crippen LogP contribution in [0.5, 0.6) is 0 Å². The predicted molar refractivity (Wildman–Crippen MR) is 27.5 cm³/mol. The third-order valence-corrected chi connectivity index (χ3v) is 0.253. The molecule has 0 aromatic carbocycles. The summed E-state index contributed by atoms with van der Waals surface area (Å²) in [4.78, 5) is 9.41. The molecule has 5 heteroatoms. The average Bonchev–Trinajstić information content (AvgIpc) is 1.35. The Bertz CT molecular complexity index is 57.7. The molecule has 44 valence electrons. The van der Waals surface area contributed by atoms with E-state index in [1.165, 1.54) is 0 Å². The van der Waals surface area contributed by atoms with E-state index in [-0.39, 0.29) is 19.1 Å². The highest BCUT2D eigenvalue weighted by Crippen LogP contribution is 1.49. The van der Waals surface area contributed by atoms with Gasteiger partial charge in [0.15, 0.2) is 0 Å². The van der Waals surface area contributed by atoms with Crippen molar-refractivity contribution >= 4 is 18.5 Å². The molecule has 0 aliphatic carbocycles. The van der Waals surface area contributed by atoms with Gasteiger partial charge in [0.05, 0.1) is 6.67 Å². The molecule has 0 aliphatic rings. The number of hydrogen-bond donors (Lipinski definition) is 3. The molecule has 0 fully saturated rings. The number of halogens is 1. The van der Waals surface area contributed by atoms with Gasteiger partial charge in [-0.15, -0.1) is 12.4 Å². The number of carbonyl (C=O) groups is 1. The lowest BCUT2D eigenvalue weighted by Crippen LogP contribution is -2.27. The van der Waals surface area contributed by atoms with Crippen molar-refractivity contribution in [1.82, 2.24) is 5.32 Å². The van der Waals surface area contributed by atoms with E-state index < -0.39 is 6.09 Å². The Morgan fingerprint density at radius 3 is 2.29 bits per heavy atom. The zero-order valence-corrected chi connectivity index (χ0v) is 4.36. The average molecular weight is 127 g/mol. The molecule has 7 heavy (non-hydrogen) atoms. The highest BCUT2D eigenvalue weighted by atomic mass is 35.5. The first-order valence-electron chi connectivity index (χ1n) is 1.44. The van der Waals surface area contributed by atoms with Crippen LogP contribution in [0.25, 0.3) is 0 Å². The Morgan fingerprint density at radius 1 is 1.86 bits per heavy atom. The molecule has 0 aromatic heterocycles. The van der Waals surface area contributed by atoms with E-state index in [0.717, 1.165) is 0 Å². The molecule has 4 nitrogen and oxygen atoms in total. The molecule has 0 unspecified atom stereocenters. The van der Waals surface area contributed by atoms with Crippen molar-refractivity contribution in [3.63, 3.8) is 0 Å². The second-order valence-electron chi connectivity index (χ2n) is 0.686. The SMILES string of the molecule is Cl.NCNC(=O)O. The van der Waals surface area contributed by atoms with Crippen LogP contribution in [0.4, 0.5) is 4.79 Å². The van der Waals surface area contributed by atoms with Crippen LogP contribution < -0.4 is 11.1 Å². The van der Waals surface area contributed by atoms with Gasteiger partial charge < -0.3 is 16.2 Å². The Morgan fingerprint density at radius 2 is 2.29 bits per heavy atom. The maximum atomic E-state index is 9.41. The number of rotatable bonds is 1. The van der Waals surface area contributed by atoms with Crippen LogP contribution in [-0.2, 0) is 0 Å². The molecular weight excluding hydrogens is 119 g/mol. The third kappa shape index (κ3) is 10.8. The lowest BCUT2D eigenvalue weighted by Gasteiger charge is -1.87. The normalized spacial score (nSPS) is 6.43. The number of hydrogen-bond acceptors (Lipinski definition) is 2. The van der Waals surface area contributed by atoms with Gasteiger partial charge in [-0.25, -0.2) is 4.79 Å². The van der Waals surface area contributed by atoms with Crippen LogP contribution in [0, 0.1) is 0 Å². The lowest BCUT2D eigenvalue weighted by atomic mass is 11.0. The quantitative estimate of drug-likeness (QED) is 0.418. The minimum absolute atomic E-state index is 0. The van der Waals surface area contributed by atoms with Crippen molar-refractivity contribution in [2.45, 2.75) is 0 Å². The van der Waals surface area contributed by atoms with Crippen molar-refractivity contribution in [2.24, 2.45) is 5.73 Å². The van der Waals surface area contributed by atoms with Crippen molar-refractivity contribution in [2.75, 3.05) is 6.67 Å². The first-order valence-corrected chi connectivity index (χ1v) is 1.44. The number of nitrogens with two attached hydrogens (primary N) is 1. The van der Waals surface area contributed by atoms with Gasteiger partial charge in [-0.2, -0.15) is 0 Å². The molecule has 0 heterocycles. The van der Waals surface area contributed by atoms with Gasteiger partial charge in [-0.1, -0.05) is 0 Å². The van der Waals surface area contributed by atoms with Crippen LogP contribution in [0.2, 0.25) is 0 Å². The summed E-state index contributed by atoms with van der Waals surface area (Å²) >= 11 is 0. The molecule has 4 N–H and O–H groups in total. The van der Waals surface area contributed by atoms with Crippen molar-refractivity contribution in [1.29, 1.82) is 0 Å². The van der Waals surface area contributed by atoms with Crippen LogP contribution in [-0.4, -0.2) is 17.9 Å². The molecule has 0 bridgehead atoms. The van der Waals surface area contributed by atoms with Crippen molar-refractivity contribution in [3.05, 3.63) is 0 Å². The van der Waals surface area contributed by atoms with Gasteiger partial charge >= 0.3 is 6.09 Å². The number of carboxylic acid groups (broad SMARTS) is 1. The summed E-state index contributed by atoms with van der Waals surface area (Å²) in [6, 6.07) is 0. The van der Waals surface area contributed by atoms with Crippen LogP contribution >= 0.6 is 12.4 Å². The summed E-state index contributed by atoms with van der Waals surface area (Å²) < 4.78 is 0. The van der Waals surface area contributed by atoms with Gasteiger partial charge in [0, 0.05) is 0 Å². The highest BCUT2D eigenvalue weighted by Gasteiger charge is 1.83. The van der Waals surface area contributed by atoms with Gasteiger partial charge in [0.25, 0.3) is 0 Å². The Kier molecular flexibility index (Phi) is 7.67. The molecule has 0 saturated carbocycles. The maximum Gasteiger partial charge on any atom is 0.405 e. The largest absolute Gasteiger partial charge is 0.465 e. The molecule has 0 aromatic rings. The summed E-state index contributed by atoms with van der Waals surface area (Å²) in [6.45, 7) is -0.0185. The van der Waals surface area contributed by atoms with E-state index in [0.29, 0.717) is 0 Å². The fraction of sp³-hybridized carbons (Fsp3) is 0.500. The zero-order valence-electron chi connectivity index (χ0n) is 3.55. The lowest BCUT2D eigenvalue weighted by molar-refractivity contribution is 0.195. The minimum atomic E-state index is -1.09. The van der Waals surface area contributed by atoms with Gasteiger partial charge in [0.1, 0.15) is 0 Å². The Hall–Kier alpha value is -0.480. The predicted octanol–water partition coefficient (Wildman–Crippen LogP) is -0.408. The molecule has 1 amide bonds. The summed E-state index contributed by atoms with van der Waals surface area (Å²) in [7, 11) is 0. The molecule has 0 atom stereocenters. The maximum absolute atomic E-state index is 9.41. The fourth-order valence-corrected chi connectivity index (χ4v) is 0.0873. The fourth-order valence-electron chi connectivity index (χ4n) is 0.0873. The molecule has 0 saturated heterocycles. The molecular formula is C2H7ClN2O2. The topological polar surface area (TPSA) is 75.3 Å². The van der Waals surface area contributed by atoms with Gasteiger partial charge in [-0.05, 0) is 0 Å². The van der Waals surface area contributed by atoms with Gasteiger partial charge in [-0.3, -0.25) is 0 Å². The zero-order chi connectivity index (χ0) is 4.99. The van der Waals surface area contributed by atoms with Crippen LogP contribution in [0.3, 0.4) is 0 Å². The van der Waals surface area contributed by atoms with Crippen LogP contribution in [0.15, 0.2) is 0 Å². The first-order chi connectivity index (χ1) is 2.77. The second-order valence-corrected chi connectivity index (χ2v) is 0.686. The summed E-state index contributed by atoms with van der Waals surface area (Å²) in [5, 5.41) is 9.63. The van der Waals surface area contributed by atoms with Gasteiger partial charge in [0.2, 0.25) is 0 Å². The monoisotopic (exact) mass is 126 g/mol. The molecule has 0 radical (unpaired) electrons. The Labute approximate surface area is 47.1 Å². The summed E-state index contributed by atoms with van der Waals surface area (Å²) in [6.07, 6.45) is -1.09.